The number of nitrogens with zero attached hydrogens (tertiary/aromatic N) is 4. The highest BCUT2D eigenvalue weighted by Gasteiger charge is 2.20. The number of aromatic amines is 1. The summed E-state index contributed by atoms with van der Waals surface area (Å²) in [6.07, 6.45) is 4.94. The molecule has 1 aliphatic rings. The van der Waals surface area contributed by atoms with E-state index in [-0.39, 0.29) is 23.4 Å². The van der Waals surface area contributed by atoms with Crippen LogP contribution in [-0.2, 0) is 5.41 Å². The third kappa shape index (κ3) is 5.14. The number of ether oxygens (including phenoxy) is 1. The van der Waals surface area contributed by atoms with Crippen LogP contribution in [0.1, 0.15) is 62.5 Å². The minimum atomic E-state index is -0.324. The fraction of sp³-hybridized carbons (Fsp3) is 0.290. The van der Waals surface area contributed by atoms with Crippen molar-refractivity contribution < 1.29 is 9.53 Å². The van der Waals surface area contributed by atoms with Gasteiger partial charge in [0.05, 0.1) is 11.6 Å². The quantitative estimate of drug-likeness (QED) is 0.260. The Hall–Kier alpha value is -4.46. The second-order valence-corrected chi connectivity index (χ2v) is 11.2. The number of nitrogens with one attached hydrogen (secondary N) is 2. The Morgan fingerprint density at radius 3 is 2.33 bits per heavy atom. The third-order valence-electron chi connectivity index (χ3n) is 7.39. The van der Waals surface area contributed by atoms with Gasteiger partial charge in [0.25, 0.3) is 11.9 Å². The molecule has 0 unspecified atom stereocenters. The van der Waals surface area contributed by atoms with Crippen LogP contribution in [0.4, 0.5) is 5.95 Å². The molecule has 5 aromatic rings. The first kappa shape index (κ1) is 24.9. The Morgan fingerprint density at radius 2 is 1.67 bits per heavy atom. The average molecular weight is 521 g/mol. The van der Waals surface area contributed by atoms with Crippen LogP contribution in [0, 0.1) is 0 Å². The smallest absolute Gasteiger partial charge is 0.275 e. The molecule has 0 bridgehead atoms. The highest BCUT2D eigenvalue weighted by Crippen LogP contribution is 2.32. The van der Waals surface area contributed by atoms with E-state index in [2.05, 4.69) is 89.2 Å². The van der Waals surface area contributed by atoms with E-state index in [9.17, 15) is 4.79 Å². The van der Waals surface area contributed by atoms with E-state index < -0.39 is 0 Å². The average Bonchev–Trinajstić information content (AvgIpc) is 3.70. The van der Waals surface area contributed by atoms with Gasteiger partial charge >= 0.3 is 0 Å². The van der Waals surface area contributed by atoms with Crippen LogP contribution >= 0.6 is 0 Å². The van der Waals surface area contributed by atoms with Crippen molar-refractivity contribution in [3.05, 3.63) is 84.1 Å². The zero-order valence-corrected chi connectivity index (χ0v) is 22.4. The summed E-state index contributed by atoms with van der Waals surface area (Å²) >= 11 is 0. The van der Waals surface area contributed by atoms with Crippen molar-refractivity contribution in [3.63, 3.8) is 0 Å². The summed E-state index contributed by atoms with van der Waals surface area (Å²) in [6, 6.07) is 24.8. The van der Waals surface area contributed by atoms with Crippen LogP contribution in [0.15, 0.2) is 72.8 Å². The van der Waals surface area contributed by atoms with Crippen LogP contribution in [0.25, 0.3) is 27.7 Å². The number of carbonyl (C=O) groups excluding carboxylic acids is 1. The number of rotatable bonds is 6. The topological polar surface area (TPSA) is 97.7 Å². The van der Waals surface area contributed by atoms with Crippen LogP contribution in [0.5, 0.6) is 5.75 Å². The maximum Gasteiger partial charge on any atom is 0.275 e. The highest BCUT2D eigenvalue weighted by molar-refractivity contribution is 6.06. The second-order valence-electron chi connectivity index (χ2n) is 11.2. The van der Waals surface area contributed by atoms with E-state index in [1.165, 1.54) is 18.4 Å². The van der Waals surface area contributed by atoms with Gasteiger partial charge in [-0.15, -0.1) is 5.10 Å². The fourth-order valence-corrected chi connectivity index (χ4v) is 5.26. The number of hydrogen-bond donors (Lipinski definition) is 2. The van der Waals surface area contributed by atoms with Gasteiger partial charge < -0.3 is 9.30 Å². The lowest BCUT2D eigenvalue weighted by atomic mass is 9.86. The molecule has 1 amide bonds. The fourth-order valence-electron chi connectivity index (χ4n) is 5.26. The van der Waals surface area contributed by atoms with Gasteiger partial charge in [-0.1, -0.05) is 56.2 Å². The summed E-state index contributed by atoms with van der Waals surface area (Å²) in [5.41, 5.74) is 5.86. The van der Waals surface area contributed by atoms with E-state index in [0.29, 0.717) is 5.69 Å². The molecular formula is C31H32N6O2. The normalized spacial score (nSPS) is 14.1. The molecule has 0 atom stereocenters. The van der Waals surface area contributed by atoms with Crippen molar-refractivity contribution in [2.45, 2.75) is 58.0 Å². The Bertz CT molecular complexity index is 1590. The monoisotopic (exact) mass is 520 g/mol. The second kappa shape index (κ2) is 10.0. The van der Waals surface area contributed by atoms with Gasteiger partial charge in [0.1, 0.15) is 11.4 Å². The molecule has 1 saturated carbocycles. The molecule has 1 aliphatic carbocycles. The van der Waals surface area contributed by atoms with Gasteiger partial charge in [-0.2, -0.15) is 5.21 Å². The van der Waals surface area contributed by atoms with E-state index in [1.54, 1.807) is 0 Å². The highest BCUT2D eigenvalue weighted by atomic mass is 16.5. The first-order valence-electron chi connectivity index (χ1n) is 13.4. The molecule has 0 aliphatic heterocycles. The van der Waals surface area contributed by atoms with Crippen molar-refractivity contribution >= 4 is 22.8 Å². The molecule has 0 radical (unpaired) electrons. The molecule has 198 valence electrons. The van der Waals surface area contributed by atoms with Crippen molar-refractivity contribution in [2.75, 3.05) is 5.32 Å². The Morgan fingerprint density at radius 1 is 0.949 bits per heavy atom. The van der Waals surface area contributed by atoms with Gasteiger partial charge in [0.2, 0.25) is 0 Å². The van der Waals surface area contributed by atoms with Gasteiger partial charge in [0.15, 0.2) is 0 Å². The molecule has 0 spiro atoms. The lowest BCUT2D eigenvalue weighted by Gasteiger charge is -2.19. The first-order chi connectivity index (χ1) is 18.8. The summed E-state index contributed by atoms with van der Waals surface area (Å²) < 4.78 is 8.12. The molecular weight excluding hydrogens is 488 g/mol. The van der Waals surface area contributed by atoms with Crippen molar-refractivity contribution in [1.82, 2.24) is 25.2 Å². The summed E-state index contributed by atoms with van der Waals surface area (Å²) in [6.45, 7) is 6.64. The van der Waals surface area contributed by atoms with Gasteiger partial charge in [0, 0.05) is 11.1 Å². The maximum absolute atomic E-state index is 13.4. The molecule has 8 heteroatoms. The van der Waals surface area contributed by atoms with E-state index in [1.807, 2.05) is 34.9 Å². The number of H-pyrrole nitrogens is 1. The molecule has 0 saturated heterocycles. The van der Waals surface area contributed by atoms with Crippen LogP contribution in [0.3, 0.4) is 0 Å². The summed E-state index contributed by atoms with van der Waals surface area (Å²) in [7, 11) is 0. The number of anilines is 1. The molecule has 39 heavy (non-hydrogen) atoms. The summed E-state index contributed by atoms with van der Waals surface area (Å²) in [5.74, 6) is 0.646. The molecule has 2 aromatic heterocycles. The Labute approximate surface area is 227 Å². The predicted molar refractivity (Wildman–Crippen MR) is 152 cm³/mol. The van der Waals surface area contributed by atoms with Crippen molar-refractivity contribution in [1.29, 1.82) is 0 Å². The maximum atomic E-state index is 13.4. The number of fused-ring (bicyclic) bond motifs is 1. The summed E-state index contributed by atoms with van der Waals surface area (Å²) in [4.78, 5) is 13.4. The number of tetrazole rings is 1. The van der Waals surface area contributed by atoms with E-state index >= 15 is 0 Å². The van der Waals surface area contributed by atoms with E-state index in [4.69, 9.17) is 4.74 Å². The lowest BCUT2D eigenvalue weighted by molar-refractivity contribution is 0.102. The number of carbonyl (C=O) groups is 1. The number of amides is 1. The number of benzene rings is 3. The standard InChI is InChI=1S/C31H32N6O2/c1-31(2,3)23-11-8-20(9-12-23)21-10-17-27-22(18-21)19-28(29(38)32-30-33-35-36-34-30)37(27)24-13-15-26(16-14-24)39-25-6-4-5-7-25/h8-19,25H,4-7H2,1-3H3,(H2,32,33,34,35,36,38). The molecule has 3 aromatic carbocycles. The Balaban J connectivity index is 1.38. The summed E-state index contributed by atoms with van der Waals surface area (Å²) in [5, 5.41) is 17.3. The van der Waals surface area contributed by atoms with Crippen LogP contribution in [0.2, 0.25) is 0 Å². The predicted octanol–water partition coefficient (Wildman–Crippen LogP) is 6.68. The minimum absolute atomic E-state index is 0.0956. The van der Waals surface area contributed by atoms with Crippen molar-refractivity contribution in [2.24, 2.45) is 0 Å². The van der Waals surface area contributed by atoms with Crippen LogP contribution < -0.4 is 10.1 Å². The molecule has 8 nitrogen and oxygen atoms in total. The largest absolute Gasteiger partial charge is 0.490 e. The molecule has 2 heterocycles. The lowest BCUT2D eigenvalue weighted by Crippen LogP contribution is -2.17. The molecule has 6 rings (SSSR count). The number of hydrogen-bond acceptors (Lipinski definition) is 5. The van der Waals surface area contributed by atoms with Crippen molar-refractivity contribution in [3.8, 4) is 22.6 Å². The SMILES string of the molecule is CC(C)(C)c1ccc(-c2ccc3c(c2)cc(C(=O)Nc2nn[nH]n2)n3-c2ccc(OC3CCCC3)cc2)cc1. The zero-order chi connectivity index (χ0) is 27.0. The van der Waals surface area contributed by atoms with Gasteiger partial charge in [-0.3, -0.25) is 10.1 Å². The minimum Gasteiger partial charge on any atom is -0.490 e. The van der Waals surface area contributed by atoms with Gasteiger partial charge in [-0.25, -0.2) is 0 Å². The Kier molecular flexibility index (Phi) is 6.38. The first-order valence-corrected chi connectivity index (χ1v) is 13.4. The zero-order valence-electron chi connectivity index (χ0n) is 22.4. The molecule has 1 fully saturated rings. The number of aromatic nitrogens is 5. The third-order valence-corrected chi connectivity index (χ3v) is 7.39. The molecule has 2 N–H and O–H groups in total. The van der Waals surface area contributed by atoms with Crippen LogP contribution in [-0.4, -0.2) is 37.2 Å². The van der Waals surface area contributed by atoms with E-state index in [0.717, 1.165) is 46.3 Å². The van der Waals surface area contributed by atoms with Gasteiger partial charge in [-0.05, 0) is 95.5 Å².